The molecule has 1 aromatic heterocycles. The fourth-order valence-electron chi connectivity index (χ4n) is 1.40. The van der Waals surface area contributed by atoms with Crippen molar-refractivity contribution in [3.8, 4) is 10.9 Å². The zero-order chi connectivity index (χ0) is 12.1. The first-order valence-corrected chi connectivity index (χ1v) is 6.33. The molecule has 0 aliphatic heterocycles. The van der Waals surface area contributed by atoms with Crippen LogP contribution in [-0.4, -0.2) is 16.4 Å². The number of aromatic nitrogens is 2. The highest BCUT2D eigenvalue weighted by Gasteiger charge is 2.04. The largest absolute Gasteiger partial charge is 0.430 e. The van der Waals surface area contributed by atoms with Gasteiger partial charge in [0.2, 0.25) is 0 Å². The molecule has 2 aromatic rings. The van der Waals surface area contributed by atoms with Gasteiger partial charge in [-0.15, -0.1) is 0 Å². The highest BCUT2D eigenvalue weighted by Crippen LogP contribution is 2.23. The lowest BCUT2D eigenvalue weighted by Gasteiger charge is -2.03. The first-order valence-electron chi connectivity index (χ1n) is 5.55. The Balaban J connectivity index is 2.03. The molecule has 0 saturated heterocycles. The van der Waals surface area contributed by atoms with Gasteiger partial charge in [0.15, 0.2) is 0 Å². The first kappa shape index (κ1) is 12.0. The Morgan fingerprint density at radius 2 is 2.06 bits per heavy atom. The molecule has 0 aliphatic rings. The summed E-state index contributed by atoms with van der Waals surface area (Å²) in [6, 6.07) is 7.96. The van der Waals surface area contributed by atoms with E-state index in [-0.39, 0.29) is 0 Å². The van der Waals surface area contributed by atoms with Crippen molar-refractivity contribution in [1.82, 2.24) is 14.7 Å². The van der Waals surface area contributed by atoms with Crippen LogP contribution in [0.2, 0.25) is 0 Å². The van der Waals surface area contributed by atoms with Crippen LogP contribution in [0.4, 0.5) is 0 Å². The molecular formula is C12H15N3OS. The van der Waals surface area contributed by atoms with E-state index in [1.54, 1.807) is 0 Å². The Kier molecular flexibility index (Phi) is 4.06. The van der Waals surface area contributed by atoms with E-state index < -0.39 is 0 Å². The van der Waals surface area contributed by atoms with Crippen molar-refractivity contribution in [2.24, 2.45) is 0 Å². The zero-order valence-electron chi connectivity index (χ0n) is 9.93. The van der Waals surface area contributed by atoms with Crippen molar-refractivity contribution in [1.29, 1.82) is 0 Å². The molecule has 17 heavy (non-hydrogen) atoms. The highest BCUT2D eigenvalue weighted by atomic mass is 32.1. The van der Waals surface area contributed by atoms with Gasteiger partial charge in [-0.05, 0) is 24.7 Å². The van der Waals surface area contributed by atoms with Crippen molar-refractivity contribution in [2.75, 3.05) is 7.05 Å². The van der Waals surface area contributed by atoms with Gasteiger partial charge in [0.05, 0.1) is 0 Å². The quantitative estimate of drug-likeness (QED) is 0.885. The molecule has 1 N–H and O–H groups in total. The highest BCUT2D eigenvalue weighted by molar-refractivity contribution is 7.07. The summed E-state index contributed by atoms with van der Waals surface area (Å²) in [6.45, 7) is 2.89. The van der Waals surface area contributed by atoms with E-state index >= 15 is 0 Å². The van der Waals surface area contributed by atoms with Gasteiger partial charge in [-0.2, -0.15) is 9.36 Å². The number of ether oxygens (including phenoxy) is 1. The molecule has 90 valence electrons. The van der Waals surface area contributed by atoms with Gasteiger partial charge in [0, 0.05) is 24.5 Å². The van der Waals surface area contributed by atoms with Crippen molar-refractivity contribution in [3.63, 3.8) is 0 Å². The molecule has 0 spiro atoms. The van der Waals surface area contributed by atoms with E-state index in [0.29, 0.717) is 5.19 Å². The second-order valence-electron chi connectivity index (χ2n) is 3.61. The first-order chi connectivity index (χ1) is 8.31. The summed E-state index contributed by atoms with van der Waals surface area (Å²) >= 11 is 1.29. The topological polar surface area (TPSA) is 47.0 Å². The van der Waals surface area contributed by atoms with Gasteiger partial charge in [0.25, 0.3) is 5.19 Å². The summed E-state index contributed by atoms with van der Waals surface area (Å²) in [6.07, 6.45) is 0.834. The van der Waals surface area contributed by atoms with Gasteiger partial charge >= 0.3 is 0 Å². The Morgan fingerprint density at radius 1 is 1.29 bits per heavy atom. The Labute approximate surface area is 105 Å². The molecule has 0 amide bonds. The summed E-state index contributed by atoms with van der Waals surface area (Å²) in [5.41, 5.74) is 1.23. The second kappa shape index (κ2) is 5.75. The van der Waals surface area contributed by atoms with E-state index in [0.717, 1.165) is 24.5 Å². The van der Waals surface area contributed by atoms with E-state index in [4.69, 9.17) is 4.74 Å². The van der Waals surface area contributed by atoms with Crippen molar-refractivity contribution >= 4 is 11.5 Å². The van der Waals surface area contributed by atoms with Crippen molar-refractivity contribution in [3.05, 3.63) is 35.7 Å². The lowest BCUT2D eigenvalue weighted by Crippen LogP contribution is -2.04. The minimum absolute atomic E-state index is 0.600. The minimum Gasteiger partial charge on any atom is -0.430 e. The summed E-state index contributed by atoms with van der Waals surface area (Å²) in [5, 5.41) is 3.70. The van der Waals surface area contributed by atoms with Gasteiger partial charge in [0.1, 0.15) is 11.6 Å². The van der Waals surface area contributed by atoms with Crippen LogP contribution in [0.1, 0.15) is 18.3 Å². The van der Waals surface area contributed by atoms with E-state index in [1.807, 2.05) is 38.2 Å². The Morgan fingerprint density at radius 3 is 2.65 bits per heavy atom. The molecule has 1 aromatic carbocycles. The number of nitrogens with one attached hydrogen (secondary N) is 1. The average Bonchev–Trinajstić information content (AvgIpc) is 2.80. The zero-order valence-corrected chi connectivity index (χ0v) is 10.8. The van der Waals surface area contributed by atoms with Crippen LogP contribution in [0, 0.1) is 0 Å². The van der Waals surface area contributed by atoms with Gasteiger partial charge in [-0.3, -0.25) is 0 Å². The predicted octanol–water partition coefficient (Wildman–Crippen LogP) is 2.61. The molecule has 0 saturated carbocycles. The number of hydrogen-bond donors (Lipinski definition) is 1. The van der Waals surface area contributed by atoms with Crippen LogP contribution in [-0.2, 0) is 13.0 Å². The number of rotatable bonds is 5. The van der Waals surface area contributed by atoms with Crippen molar-refractivity contribution < 1.29 is 4.74 Å². The summed E-state index contributed by atoms with van der Waals surface area (Å²) in [4.78, 5) is 4.26. The van der Waals surface area contributed by atoms with Crippen LogP contribution in [0.3, 0.4) is 0 Å². The van der Waals surface area contributed by atoms with Crippen LogP contribution in [0.15, 0.2) is 24.3 Å². The summed E-state index contributed by atoms with van der Waals surface area (Å²) in [5.74, 6) is 1.63. The fourth-order valence-corrected chi connectivity index (χ4v) is 2.04. The molecule has 0 fully saturated rings. The number of benzene rings is 1. The molecule has 0 atom stereocenters. The SMILES string of the molecule is CCc1nsc(Oc2ccc(CNC)cc2)n1. The molecule has 2 rings (SSSR count). The summed E-state index contributed by atoms with van der Waals surface area (Å²) in [7, 11) is 1.93. The van der Waals surface area contributed by atoms with E-state index in [1.165, 1.54) is 17.1 Å². The van der Waals surface area contributed by atoms with Gasteiger partial charge in [-0.1, -0.05) is 19.1 Å². The van der Waals surface area contributed by atoms with Crippen LogP contribution in [0.25, 0.3) is 0 Å². The standard InChI is InChI=1S/C12H15N3OS/c1-3-11-14-12(17-15-11)16-10-6-4-9(5-7-10)8-13-2/h4-7,13H,3,8H2,1-2H3. The smallest absolute Gasteiger partial charge is 0.298 e. The third kappa shape index (κ3) is 3.25. The van der Waals surface area contributed by atoms with Crippen LogP contribution in [0.5, 0.6) is 10.9 Å². The van der Waals surface area contributed by atoms with Gasteiger partial charge in [-0.25, -0.2) is 0 Å². The normalized spacial score (nSPS) is 10.5. The van der Waals surface area contributed by atoms with Crippen molar-refractivity contribution in [2.45, 2.75) is 19.9 Å². The molecule has 0 aliphatic carbocycles. The minimum atomic E-state index is 0.600. The molecular weight excluding hydrogens is 234 g/mol. The third-order valence-electron chi connectivity index (χ3n) is 2.28. The third-order valence-corrected chi connectivity index (χ3v) is 2.91. The van der Waals surface area contributed by atoms with Crippen LogP contribution < -0.4 is 10.1 Å². The predicted molar refractivity (Wildman–Crippen MR) is 68.6 cm³/mol. The molecule has 0 unspecified atom stereocenters. The maximum Gasteiger partial charge on any atom is 0.298 e. The molecule has 4 nitrogen and oxygen atoms in total. The molecule has 0 bridgehead atoms. The lowest BCUT2D eigenvalue weighted by atomic mass is 10.2. The average molecular weight is 249 g/mol. The van der Waals surface area contributed by atoms with E-state index in [9.17, 15) is 0 Å². The monoisotopic (exact) mass is 249 g/mol. The fraction of sp³-hybridized carbons (Fsp3) is 0.333. The number of aryl methyl sites for hydroxylation is 1. The lowest BCUT2D eigenvalue weighted by molar-refractivity contribution is 0.477. The van der Waals surface area contributed by atoms with Gasteiger partial charge < -0.3 is 10.1 Å². The molecule has 1 heterocycles. The van der Waals surface area contributed by atoms with E-state index in [2.05, 4.69) is 14.7 Å². The second-order valence-corrected chi connectivity index (χ2v) is 4.32. The number of nitrogens with zero attached hydrogens (tertiary/aromatic N) is 2. The molecule has 5 heteroatoms. The molecule has 0 radical (unpaired) electrons. The Bertz CT molecular complexity index is 467. The maximum atomic E-state index is 5.62. The maximum absolute atomic E-state index is 5.62. The number of hydrogen-bond acceptors (Lipinski definition) is 5. The summed E-state index contributed by atoms with van der Waals surface area (Å²) < 4.78 is 9.79. The van der Waals surface area contributed by atoms with Crippen LogP contribution >= 0.6 is 11.5 Å². The Hall–Kier alpha value is -1.46.